The standard InChI is InChI=1S/C15H16ClF3N4/c1-14(2,3)23-13-20-7-6-12(22-13)21-9-4-5-11(16)10(8-9)15(17,18)19/h4-8H,1-3H3,(H2,20,21,22,23). The van der Waals surface area contributed by atoms with E-state index in [1.54, 1.807) is 6.07 Å². The highest BCUT2D eigenvalue weighted by atomic mass is 35.5. The maximum atomic E-state index is 12.9. The van der Waals surface area contributed by atoms with Crippen LogP contribution in [0.3, 0.4) is 0 Å². The monoisotopic (exact) mass is 344 g/mol. The van der Waals surface area contributed by atoms with Gasteiger partial charge >= 0.3 is 6.18 Å². The third-order valence-corrected chi connectivity index (χ3v) is 3.02. The van der Waals surface area contributed by atoms with Crippen molar-refractivity contribution in [1.82, 2.24) is 9.97 Å². The molecule has 0 unspecified atom stereocenters. The molecule has 0 saturated carbocycles. The third-order valence-electron chi connectivity index (χ3n) is 2.69. The lowest BCUT2D eigenvalue weighted by molar-refractivity contribution is -0.137. The molecule has 0 aliphatic rings. The lowest BCUT2D eigenvalue weighted by Crippen LogP contribution is -2.27. The molecule has 0 amide bonds. The van der Waals surface area contributed by atoms with Crippen LogP contribution in [0.4, 0.5) is 30.6 Å². The minimum Gasteiger partial charge on any atom is -0.350 e. The molecule has 1 aromatic carbocycles. The summed E-state index contributed by atoms with van der Waals surface area (Å²) in [5.74, 6) is 0.759. The predicted octanol–water partition coefficient (Wildman–Crippen LogP) is 5.10. The fourth-order valence-electron chi connectivity index (χ4n) is 1.79. The Hall–Kier alpha value is -2.02. The van der Waals surface area contributed by atoms with Crippen molar-refractivity contribution in [2.24, 2.45) is 0 Å². The molecule has 1 heterocycles. The van der Waals surface area contributed by atoms with Crippen molar-refractivity contribution in [3.8, 4) is 0 Å². The van der Waals surface area contributed by atoms with E-state index in [4.69, 9.17) is 11.6 Å². The Morgan fingerprint density at radius 2 is 1.78 bits per heavy atom. The van der Waals surface area contributed by atoms with Crippen LogP contribution >= 0.6 is 11.6 Å². The topological polar surface area (TPSA) is 49.8 Å². The molecule has 23 heavy (non-hydrogen) atoms. The van der Waals surface area contributed by atoms with Gasteiger partial charge < -0.3 is 10.6 Å². The van der Waals surface area contributed by atoms with Gasteiger partial charge in [-0.25, -0.2) is 4.98 Å². The highest BCUT2D eigenvalue weighted by Crippen LogP contribution is 2.36. The summed E-state index contributed by atoms with van der Waals surface area (Å²) in [6, 6.07) is 5.16. The Bertz CT molecular complexity index is 696. The van der Waals surface area contributed by atoms with Crippen molar-refractivity contribution in [1.29, 1.82) is 0 Å². The number of nitrogens with zero attached hydrogens (tertiary/aromatic N) is 2. The summed E-state index contributed by atoms with van der Waals surface area (Å²) in [5.41, 5.74) is -0.893. The number of aromatic nitrogens is 2. The van der Waals surface area contributed by atoms with Gasteiger partial charge in [0.1, 0.15) is 5.82 Å². The molecule has 4 nitrogen and oxygen atoms in total. The largest absolute Gasteiger partial charge is 0.417 e. The maximum Gasteiger partial charge on any atom is 0.417 e. The second kappa shape index (κ2) is 6.23. The molecule has 0 aliphatic heterocycles. The summed E-state index contributed by atoms with van der Waals surface area (Å²) in [6.07, 6.45) is -3.00. The van der Waals surface area contributed by atoms with Gasteiger partial charge in [0.25, 0.3) is 0 Å². The van der Waals surface area contributed by atoms with E-state index < -0.39 is 11.7 Å². The lowest BCUT2D eigenvalue weighted by Gasteiger charge is -2.20. The van der Waals surface area contributed by atoms with Crippen LogP contribution in [0.5, 0.6) is 0 Å². The molecule has 0 radical (unpaired) electrons. The fraction of sp³-hybridized carbons (Fsp3) is 0.333. The van der Waals surface area contributed by atoms with Crippen LogP contribution in [0.2, 0.25) is 5.02 Å². The molecule has 0 fully saturated rings. The Morgan fingerprint density at radius 1 is 1.09 bits per heavy atom. The Balaban J connectivity index is 2.25. The Kier molecular flexibility index (Phi) is 4.70. The van der Waals surface area contributed by atoms with Crippen LogP contribution in [0.15, 0.2) is 30.5 Å². The van der Waals surface area contributed by atoms with E-state index in [0.29, 0.717) is 11.8 Å². The number of nitrogens with one attached hydrogen (secondary N) is 2. The molecule has 1 aromatic heterocycles. The molecule has 0 atom stereocenters. The van der Waals surface area contributed by atoms with Crippen molar-refractivity contribution in [3.05, 3.63) is 41.0 Å². The van der Waals surface area contributed by atoms with Crippen molar-refractivity contribution in [3.63, 3.8) is 0 Å². The van der Waals surface area contributed by atoms with Crippen LogP contribution in [0, 0.1) is 0 Å². The Morgan fingerprint density at radius 3 is 2.39 bits per heavy atom. The summed E-state index contributed by atoms with van der Waals surface area (Å²) in [7, 11) is 0. The lowest BCUT2D eigenvalue weighted by atomic mass is 10.1. The smallest absolute Gasteiger partial charge is 0.350 e. The number of hydrogen-bond acceptors (Lipinski definition) is 4. The normalized spacial score (nSPS) is 12.1. The van der Waals surface area contributed by atoms with Gasteiger partial charge in [0.15, 0.2) is 0 Å². The quantitative estimate of drug-likeness (QED) is 0.813. The first-order valence-corrected chi connectivity index (χ1v) is 7.17. The highest BCUT2D eigenvalue weighted by molar-refractivity contribution is 6.31. The molecule has 0 spiro atoms. The van der Waals surface area contributed by atoms with E-state index in [1.807, 2.05) is 20.8 Å². The van der Waals surface area contributed by atoms with Gasteiger partial charge in [-0.2, -0.15) is 18.2 Å². The number of anilines is 3. The number of hydrogen-bond donors (Lipinski definition) is 2. The molecular weight excluding hydrogens is 329 g/mol. The van der Waals surface area contributed by atoms with Gasteiger partial charge in [0, 0.05) is 17.4 Å². The minimum absolute atomic E-state index is 0.234. The SMILES string of the molecule is CC(C)(C)Nc1nccc(Nc2ccc(Cl)c(C(F)(F)F)c2)n1. The van der Waals surface area contributed by atoms with Crippen molar-refractivity contribution in [2.75, 3.05) is 10.6 Å². The van der Waals surface area contributed by atoms with Gasteiger partial charge in [-0.1, -0.05) is 11.6 Å². The molecule has 0 bridgehead atoms. The maximum absolute atomic E-state index is 12.9. The summed E-state index contributed by atoms with van der Waals surface area (Å²) in [5, 5.41) is 5.56. The zero-order valence-corrected chi connectivity index (χ0v) is 13.5. The fourth-order valence-corrected chi connectivity index (χ4v) is 2.02. The van der Waals surface area contributed by atoms with Gasteiger partial charge in [-0.3, -0.25) is 0 Å². The van der Waals surface area contributed by atoms with E-state index in [2.05, 4.69) is 20.6 Å². The van der Waals surface area contributed by atoms with Gasteiger partial charge in [-0.15, -0.1) is 0 Å². The molecule has 2 N–H and O–H groups in total. The first-order chi connectivity index (χ1) is 10.5. The molecule has 0 aliphatic carbocycles. The number of halogens is 4. The highest BCUT2D eigenvalue weighted by Gasteiger charge is 2.33. The van der Waals surface area contributed by atoms with E-state index in [9.17, 15) is 13.2 Å². The average molecular weight is 345 g/mol. The van der Waals surface area contributed by atoms with Crippen molar-refractivity contribution >= 4 is 29.1 Å². The number of rotatable bonds is 3. The first kappa shape index (κ1) is 17.3. The minimum atomic E-state index is -4.51. The second-order valence-electron chi connectivity index (χ2n) is 5.96. The van der Waals surface area contributed by atoms with Crippen molar-refractivity contribution in [2.45, 2.75) is 32.5 Å². The zero-order valence-electron chi connectivity index (χ0n) is 12.8. The van der Waals surface area contributed by atoms with E-state index in [-0.39, 0.29) is 16.2 Å². The van der Waals surface area contributed by atoms with Crippen LogP contribution in [0.1, 0.15) is 26.3 Å². The van der Waals surface area contributed by atoms with Crippen molar-refractivity contribution < 1.29 is 13.2 Å². The van der Waals surface area contributed by atoms with E-state index in [0.717, 1.165) is 6.07 Å². The van der Waals surface area contributed by atoms with Crippen LogP contribution in [0.25, 0.3) is 0 Å². The number of alkyl halides is 3. The van der Waals surface area contributed by atoms with Crippen LogP contribution in [-0.2, 0) is 6.18 Å². The van der Waals surface area contributed by atoms with Crippen LogP contribution < -0.4 is 10.6 Å². The molecule has 124 valence electrons. The van der Waals surface area contributed by atoms with E-state index >= 15 is 0 Å². The molecule has 8 heteroatoms. The molecule has 2 rings (SSSR count). The van der Waals surface area contributed by atoms with Crippen LogP contribution in [-0.4, -0.2) is 15.5 Å². The predicted molar refractivity (Wildman–Crippen MR) is 85.1 cm³/mol. The molecular formula is C15H16ClF3N4. The molecule has 2 aromatic rings. The Labute approximate surface area is 137 Å². The molecule has 0 saturated heterocycles. The van der Waals surface area contributed by atoms with E-state index in [1.165, 1.54) is 18.3 Å². The summed E-state index contributed by atoms with van der Waals surface area (Å²) < 4.78 is 38.6. The zero-order chi connectivity index (χ0) is 17.3. The summed E-state index contributed by atoms with van der Waals surface area (Å²) >= 11 is 5.60. The van der Waals surface area contributed by atoms with Gasteiger partial charge in [-0.05, 0) is 45.0 Å². The van der Waals surface area contributed by atoms with Gasteiger partial charge in [0.05, 0.1) is 10.6 Å². The van der Waals surface area contributed by atoms with Gasteiger partial charge in [0.2, 0.25) is 5.95 Å². The number of benzene rings is 1. The first-order valence-electron chi connectivity index (χ1n) is 6.79. The third kappa shape index (κ3) is 4.99. The average Bonchev–Trinajstić information content (AvgIpc) is 2.38. The summed E-state index contributed by atoms with van der Waals surface area (Å²) in [4.78, 5) is 8.29. The second-order valence-corrected chi connectivity index (χ2v) is 6.37. The summed E-state index contributed by atoms with van der Waals surface area (Å²) in [6.45, 7) is 5.85.